The summed E-state index contributed by atoms with van der Waals surface area (Å²) in [6.07, 6.45) is 2.57. The fraction of sp³-hybridized carbons (Fsp3) is 0.846. The minimum Gasteiger partial charge on any atom is -0.481 e. The van der Waals surface area contributed by atoms with E-state index in [0.717, 1.165) is 12.8 Å². The van der Waals surface area contributed by atoms with Crippen molar-refractivity contribution >= 4 is 12.0 Å². The van der Waals surface area contributed by atoms with Gasteiger partial charge in [0.15, 0.2) is 0 Å². The van der Waals surface area contributed by atoms with Crippen LogP contribution in [0.3, 0.4) is 0 Å². The van der Waals surface area contributed by atoms with Gasteiger partial charge in [0.25, 0.3) is 0 Å². The molecule has 5 heteroatoms. The molecule has 2 amide bonds. The largest absolute Gasteiger partial charge is 0.481 e. The Bertz CT molecular complexity index is 267. The molecule has 0 saturated heterocycles. The summed E-state index contributed by atoms with van der Waals surface area (Å²) in [7, 11) is 0. The lowest BCUT2D eigenvalue weighted by Gasteiger charge is -2.19. The Hall–Kier alpha value is -1.26. The van der Waals surface area contributed by atoms with Gasteiger partial charge in [-0.3, -0.25) is 4.79 Å². The molecule has 0 aromatic heterocycles. The Morgan fingerprint density at radius 2 is 1.72 bits per heavy atom. The third-order valence-electron chi connectivity index (χ3n) is 2.80. The van der Waals surface area contributed by atoms with Crippen molar-refractivity contribution in [3.63, 3.8) is 0 Å². The maximum absolute atomic E-state index is 11.6. The van der Waals surface area contributed by atoms with E-state index in [1.807, 2.05) is 13.8 Å². The van der Waals surface area contributed by atoms with Crippen molar-refractivity contribution in [3.8, 4) is 0 Å². The second-order valence-electron chi connectivity index (χ2n) is 5.19. The van der Waals surface area contributed by atoms with E-state index in [1.165, 1.54) is 0 Å². The fourth-order valence-corrected chi connectivity index (χ4v) is 1.61. The number of rotatable bonds is 8. The monoisotopic (exact) mass is 258 g/mol. The molecule has 3 N–H and O–H groups in total. The summed E-state index contributed by atoms with van der Waals surface area (Å²) in [5.74, 6) is -0.275. The molecule has 0 radical (unpaired) electrons. The molecule has 5 nitrogen and oxygen atoms in total. The quantitative estimate of drug-likeness (QED) is 0.625. The smallest absolute Gasteiger partial charge is 0.315 e. The Morgan fingerprint density at radius 1 is 1.11 bits per heavy atom. The number of hydrogen-bond donors (Lipinski definition) is 3. The first-order valence-electron chi connectivity index (χ1n) is 6.63. The average Bonchev–Trinajstić information content (AvgIpc) is 2.24. The third kappa shape index (κ3) is 8.84. The van der Waals surface area contributed by atoms with E-state index in [2.05, 4.69) is 24.5 Å². The molecule has 0 aliphatic carbocycles. The predicted octanol–water partition coefficient (Wildman–Crippen LogP) is 2.36. The zero-order chi connectivity index (χ0) is 14.1. The van der Waals surface area contributed by atoms with E-state index in [-0.39, 0.29) is 24.5 Å². The number of amides is 2. The van der Waals surface area contributed by atoms with Crippen molar-refractivity contribution in [2.24, 2.45) is 5.92 Å². The third-order valence-corrected chi connectivity index (χ3v) is 2.80. The van der Waals surface area contributed by atoms with Crippen molar-refractivity contribution in [1.82, 2.24) is 10.6 Å². The first-order valence-corrected chi connectivity index (χ1v) is 6.63. The van der Waals surface area contributed by atoms with Gasteiger partial charge in [0, 0.05) is 12.1 Å². The number of carboxylic acids is 1. The number of hydrogen-bond acceptors (Lipinski definition) is 2. The van der Waals surface area contributed by atoms with Gasteiger partial charge < -0.3 is 15.7 Å². The summed E-state index contributed by atoms with van der Waals surface area (Å²) >= 11 is 0. The van der Waals surface area contributed by atoms with Crippen molar-refractivity contribution in [2.45, 2.75) is 65.5 Å². The lowest BCUT2D eigenvalue weighted by Crippen LogP contribution is -2.45. The van der Waals surface area contributed by atoms with Gasteiger partial charge >= 0.3 is 12.0 Å². The first kappa shape index (κ1) is 16.7. The maximum atomic E-state index is 11.6. The van der Waals surface area contributed by atoms with E-state index in [1.54, 1.807) is 0 Å². The van der Waals surface area contributed by atoms with Crippen LogP contribution in [0.15, 0.2) is 0 Å². The molecule has 0 spiro atoms. The van der Waals surface area contributed by atoms with Gasteiger partial charge in [-0.25, -0.2) is 4.79 Å². The molecule has 0 heterocycles. The van der Waals surface area contributed by atoms with Crippen LogP contribution in [-0.2, 0) is 4.79 Å². The Labute approximate surface area is 109 Å². The van der Waals surface area contributed by atoms with Gasteiger partial charge in [-0.15, -0.1) is 0 Å². The Balaban J connectivity index is 3.96. The summed E-state index contributed by atoms with van der Waals surface area (Å²) in [5, 5.41) is 14.2. The van der Waals surface area contributed by atoms with Crippen molar-refractivity contribution in [1.29, 1.82) is 0 Å². The minimum absolute atomic E-state index is 0.0374. The lowest BCUT2D eigenvalue weighted by atomic mass is 10.0. The van der Waals surface area contributed by atoms with Gasteiger partial charge in [-0.2, -0.15) is 0 Å². The summed E-state index contributed by atoms with van der Waals surface area (Å²) in [6, 6.07) is -0.478. The number of urea groups is 1. The van der Waals surface area contributed by atoms with Crippen molar-refractivity contribution in [2.75, 3.05) is 0 Å². The second kappa shape index (κ2) is 8.78. The van der Waals surface area contributed by atoms with Crippen LogP contribution < -0.4 is 10.6 Å². The zero-order valence-electron chi connectivity index (χ0n) is 11.8. The number of nitrogens with one attached hydrogen (secondary N) is 2. The molecule has 0 aromatic carbocycles. The van der Waals surface area contributed by atoms with Crippen LogP contribution >= 0.6 is 0 Å². The number of carboxylic acid groups (broad SMARTS) is 1. The van der Waals surface area contributed by atoms with Crippen molar-refractivity contribution < 1.29 is 14.7 Å². The van der Waals surface area contributed by atoms with E-state index >= 15 is 0 Å². The van der Waals surface area contributed by atoms with Crippen LogP contribution in [0.1, 0.15) is 53.4 Å². The summed E-state index contributed by atoms with van der Waals surface area (Å²) in [4.78, 5) is 22.2. The maximum Gasteiger partial charge on any atom is 0.315 e. The molecule has 106 valence electrons. The van der Waals surface area contributed by atoms with Crippen LogP contribution in [0.5, 0.6) is 0 Å². The van der Waals surface area contributed by atoms with E-state index < -0.39 is 5.97 Å². The topological polar surface area (TPSA) is 78.4 Å². The summed E-state index contributed by atoms with van der Waals surface area (Å²) < 4.78 is 0. The van der Waals surface area contributed by atoms with Crippen LogP contribution in [0.2, 0.25) is 0 Å². The molecule has 0 fully saturated rings. The van der Waals surface area contributed by atoms with E-state index in [4.69, 9.17) is 5.11 Å². The second-order valence-corrected chi connectivity index (χ2v) is 5.19. The molecule has 18 heavy (non-hydrogen) atoms. The first-order chi connectivity index (χ1) is 8.35. The Morgan fingerprint density at radius 3 is 2.17 bits per heavy atom. The number of aliphatic carboxylic acids is 1. The van der Waals surface area contributed by atoms with Crippen LogP contribution in [0.4, 0.5) is 4.79 Å². The SMILES string of the molecule is CCC(CC(=O)O)NC(=O)NC(C)CCC(C)C. The molecule has 2 atom stereocenters. The molecule has 2 unspecified atom stereocenters. The molecular formula is C13H26N2O3. The minimum atomic E-state index is -0.894. The highest BCUT2D eigenvalue weighted by Gasteiger charge is 2.15. The van der Waals surface area contributed by atoms with Gasteiger partial charge in [0.2, 0.25) is 0 Å². The van der Waals surface area contributed by atoms with Gasteiger partial charge in [-0.1, -0.05) is 20.8 Å². The lowest BCUT2D eigenvalue weighted by molar-refractivity contribution is -0.137. The molecule has 0 aromatic rings. The Kier molecular flexibility index (Phi) is 8.16. The molecule has 0 aliphatic heterocycles. The van der Waals surface area contributed by atoms with Crippen molar-refractivity contribution in [3.05, 3.63) is 0 Å². The van der Waals surface area contributed by atoms with Gasteiger partial charge in [0.05, 0.1) is 6.42 Å². The highest BCUT2D eigenvalue weighted by molar-refractivity contribution is 5.75. The van der Waals surface area contributed by atoms with Gasteiger partial charge in [0.1, 0.15) is 0 Å². The highest BCUT2D eigenvalue weighted by atomic mass is 16.4. The standard InChI is InChI=1S/C13H26N2O3/c1-5-11(8-12(16)17)15-13(18)14-10(4)7-6-9(2)3/h9-11H,5-8H2,1-4H3,(H,16,17)(H2,14,15,18). The van der Waals surface area contributed by atoms with Crippen LogP contribution in [-0.4, -0.2) is 29.2 Å². The van der Waals surface area contributed by atoms with Crippen LogP contribution in [0.25, 0.3) is 0 Å². The number of carbonyl (C=O) groups is 2. The average molecular weight is 258 g/mol. The predicted molar refractivity (Wildman–Crippen MR) is 71.5 cm³/mol. The summed E-state index contributed by atoms with van der Waals surface area (Å²) in [5.41, 5.74) is 0. The fourth-order valence-electron chi connectivity index (χ4n) is 1.61. The molecule has 0 saturated carbocycles. The van der Waals surface area contributed by atoms with Crippen LogP contribution in [0, 0.1) is 5.92 Å². The molecular weight excluding hydrogens is 232 g/mol. The zero-order valence-corrected chi connectivity index (χ0v) is 11.8. The summed E-state index contributed by atoms with van der Waals surface area (Å²) in [6.45, 7) is 8.11. The van der Waals surface area contributed by atoms with Gasteiger partial charge in [-0.05, 0) is 32.1 Å². The van der Waals surface area contributed by atoms with E-state index in [9.17, 15) is 9.59 Å². The van der Waals surface area contributed by atoms with E-state index in [0.29, 0.717) is 12.3 Å². The molecule has 0 rings (SSSR count). The molecule has 0 bridgehead atoms. The number of carbonyl (C=O) groups excluding carboxylic acids is 1. The highest BCUT2D eigenvalue weighted by Crippen LogP contribution is 2.06. The normalized spacial score (nSPS) is 14.1. The molecule has 0 aliphatic rings.